The molecule has 6 rings (SSSR count). The number of benzene rings is 3. The molecule has 2 N–H and O–H groups in total. The van der Waals surface area contributed by atoms with Crippen LogP contribution in [-0.4, -0.2) is 38.2 Å². The number of fused-ring (bicyclic) bond motifs is 1. The summed E-state index contributed by atoms with van der Waals surface area (Å²) in [7, 11) is -4.02. The fraction of sp³-hybridized carbons (Fsp3) is 0.0645. The lowest BCUT2D eigenvalue weighted by molar-refractivity contribution is 0.102. The quantitative estimate of drug-likeness (QED) is 0.267. The number of aromatic nitrogens is 4. The number of nitrogens with one attached hydrogen (secondary N) is 1. The third kappa shape index (κ3) is 5.20. The van der Waals surface area contributed by atoms with Crippen LogP contribution in [0.5, 0.6) is 5.75 Å². The Bertz CT molecular complexity index is 1980. The molecule has 0 atom stereocenters. The number of hydrogen-bond acceptors (Lipinski definition) is 6. The van der Waals surface area contributed by atoms with Crippen LogP contribution in [0.3, 0.4) is 0 Å². The first-order valence-corrected chi connectivity index (χ1v) is 14.2. The molecule has 0 unspecified atom stereocenters. The highest BCUT2D eigenvalue weighted by Gasteiger charge is 2.24. The highest BCUT2D eigenvalue weighted by atomic mass is 32.2. The Labute approximate surface area is 236 Å². The van der Waals surface area contributed by atoms with Crippen molar-refractivity contribution in [3.05, 3.63) is 126 Å². The Hall–Kier alpha value is -5.22. The Balaban J connectivity index is 1.40. The van der Waals surface area contributed by atoms with Gasteiger partial charge in [0.05, 0.1) is 28.9 Å². The van der Waals surface area contributed by atoms with E-state index in [0.717, 1.165) is 20.7 Å². The van der Waals surface area contributed by atoms with E-state index in [1.54, 1.807) is 71.7 Å². The molecule has 0 radical (unpaired) electrons. The summed E-state index contributed by atoms with van der Waals surface area (Å²) >= 11 is 0. The highest BCUT2D eigenvalue weighted by Crippen LogP contribution is 2.32. The normalized spacial score (nSPS) is 11.5. The Morgan fingerprint density at radius 1 is 0.902 bits per heavy atom. The summed E-state index contributed by atoms with van der Waals surface area (Å²) in [6, 6.07) is 24.7. The summed E-state index contributed by atoms with van der Waals surface area (Å²) in [5.41, 5.74) is 4.21. The van der Waals surface area contributed by atoms with Crippen molar-refractivity contribution in [3.8, 4) is 16.9 Å². The van der Waals surface area contributed by atoms with Gasteiger partial charge in [-0.05, 0) is 48.4 Å². The number of aryl methyl sites for hydroxylation is 1. The third-order valence-corrected chi connectivity index (χ3v) is 8.39. The zero-order valence-corrected chi connectivity index (χ0v) is 22.8. The summed E-state index contributed by atoms with van der Waals surface area (Å²) in [5, 5.41) is 17.3. The van der Waals surface area contributed by atoms with Crippen molar-refractivity contribution in [1.29, 1.82) is 0 Å². The Morgan fingerprint density at radius 2 is 1.63 bits per heavy atom. The van der Waals surface area contributed by atoms with Crippen molar-refractivity contribution in [2.75, 3.05) is 5.32 Å². The van der Waals surface area contributed by atoms with Crippen LogP contribution in [0.1, 0.15) is 21.5 Å². The molecule has 10 heteroatoms. The average Bonchev–Trinajstić information content (AvgIpc) is 3.59. The fourth-order valence-electron chi connectivity index (χ4n) is 4.53. The van der Waals surface area contributed by atoms with Gasteiger partial charge in [-0.25, -0.2) is 17.4 Å². The van der Waals surface area contributed by atoms with Crippen LogP contribution in [0.25, 0.3) is 22.2 Å². The van der Waals surface area contributed by atoms with Crippen LogP contribution in [0.4, 0.5) is 5.69 Å². The van der Waals surface area contributed by atoms with E-state index in [4.69, 9.17) is 0 Å². The second kappa shape index (κ2) is 10.4. The summed E-state index contributed by atoms with van der Waals surface area (Å²) < 4.78 is 30.1. The van der Waals surface area contributed by atoms with Crippen molar-refractivity contribution in [3.63, 3.8) is 0 Å². The fourth-order valence-corrected chi connectivity index (χ4v) is 5.85. The first-order valence-electron chi connectivity index (χ1n) is 12.8. The number of rotatable bonds is 7. The number of carbonyl (C=O) groups is 1. The van der Waals surface area contributed by atoms with E-state index in [9.17, 15) is 18.3 Å². The monoisotopic (exact) mass is 563 g/mol. The molecule has 41 heavy (non-hydrogen) atoms. The summed E-state index contributed by atoms with van der Waals surface area (Å²) in [4.78, 5) is 17.9. The zero-order chi connectivity index (χ0) is 28.6. The van der Waals surface area contributed by atoms with Crippen LogP contribution < -0.4 is 5.32 Å². The van der Waals surface area contributed by atoms with E-state index in [2.05, 4.69) is 15.4 Å². The SMILES string of the molecule is Cc1ccc(S(=O)(=O)n2cc(NC(=O)c3cnn(Cc4ccccc4)c3)c3cc(-c4ccc(O)cc4)cnc32)cc1. The number of pyridine rings is 1. The second-order valence-electron chi connectivity index (χ2n) is 9.67. The van der Waals surface area contributed by atoms with E-state index in [1.807, 2.05) is 37.3 Å². The molecule has 6 aromatic rings. The predicted octanol–water partition coefficient (Wildman–Crippen LogP) is 5.45. The first-order chi connectivity index (χ1) is 19.8. The Kier molecular flexibility index (Phi) is 6.60. The van der Waals surface area contributed by atoms with Crippen LogP contribution >= 0.6 is 0 Å². The zero-order valence-electron chi connectivity index (χ0n) is 22.0. The van der Waals surface area contributed by atoms with Gasteiger partial charge in [-0.15, -0.1) is 0 Å². The molecule has 9 nitrogen and oxygen atoms in total. The summed E-state index contributed by atoms with van der Waals surface area (Å²) in [6.45, 7) is 2.38. The third-order valence-electron chi connectivity index (χ3n) is 6.72. The first kappa shape index (κ1) is 26.0. The highest BCUT2D eigenvalue weighted by molar-refractivity contribution is 7.90. The van der Waals surface area contributed by atoms with Crippen LogP contribution in [0.2, 0.25) is 0 Å². The minimum atomic E-state index is -4.02. The van der Waals surface area contributed by atoms with Gasteiger partial charge < -0.3 is 10.4 Å². The van der Waals surface area contributed by atoms with Crippen LogP contribution in [-0.2, 0) is 16.6 Å². The van der Waals surface area contributed by atoms with E-state index >= 15 is 0 Å². The van der Waals surface area contributed by atoms with E-state index in [1.165, 1.54) is 12.4 Å². The largest absolute Gasteiger partial charge is 0.508 e. The molecule has 0 saturated carbocycles. The van der Waals surface area contributed by atoms with Gasteiger partial charge in [-0.1, -0.05) is 60.2 Å². The molecule has 0 fully saturated rings. The van der Waals surface area contributed by atoms with Gasteiger partial charge >= 0.3 is 0 Å². The molecular formula is C31H25N5O4S. The molecule has 0 aliphatic heterocycles. The molecule has 0 bridgehead atoms. The van der Waals surface area contributed by atoms with Gasteiger partial charge in [-0.2, -0.15) is 5.10 Å². The van der Waals surface area contributed by atoms with Crippen molar-refractivity contribution < 1.29 is 18.3 Å². The molecule has 3 aromatic heterocycles. The minimum Gasteiger partial charge on any atom is -0.508 e. The lowest BCUT2D eigenvalue weighted by atomic mass is 10.1. The van der Waals surface area contributed by atoms with Gasteiger partial charge in [0.25, 0.3) is 15.9 Å². The number of aromatic hydroxyl groups is 1. The molecule has 0 aliphatic carbocycles. The topological polar surface area (TPSA) is 119 Å². The number of anilines is 1. The van der Waals surface area contributed by atoms with E-state index in [0.29, 0.717) is 23.1 Å². The molecule has 1 amide bonds. The Morgan fingerprint density at radius 3 is 2.37 bits per heavy atom. The van der Waals surface area contributed by atoms with Crippen molar-refractivity contribution in [2.45, 2.75) is 18.4 Å². The molecule has 0 spiro atoms. The smallest absolute Gasteiger partial charge is 0.269 e. The molecule has 0 saturated heterocycles. The number of phenols is 1. The van der Waals surface area contributed by atoms with Gasteiger partial charge in [0, 0.05) is 29.5 Å². The van der Waals surface area contributed by atoms with Crippen LogP contribution in [0, 0.1) is 6.92 Å². The maximum Gasteiger partial charge on any atom is 0.269 e. The number of nitrogens with zero attached hydrogens (tertiary/aromatic N) is 4. The lowest BCUT2D eigenvalue weighted by Crippen LogP contribution is -2.13. The number of carbonyl (C=O) groups excluding carboxylic acids is 1. The predicted molar refractivity (Wildman–Crippen MR) is 156 cm³/mol. The van der Waals surface area contributed by atoms with Crippen LogP contribution in [0.15, 0.2) is 115 Å². The summed E-state index contributed by atoms with van der Waals surface area (Å²) in [5.74, 6) is -0.315. The number of hydrogen-bond donors (Lipinski definition) is 2. The van der Waals surface area contributed by atoms with Gasteiger partial charge in [0.15, 0.2) is 5.65 Å². The lowest BCUT2D eigenvalue weighted by Gasteiger charge is -2.08. The summed E-state index contributed by atoms with van der Waals surface area (Å²) in [6.07, 6.45) is 6.06. The van der Waals surface area contributed by atoms with Gasteiger partial charge in [0.2, 0.25) is 0 Å². The van der Waals surface area contributed by atoms with E-state index in [-0.39, 0.29) is 22.0 Å². The average molecular weight is 564 g/mol. The maximum atomic E-state index is 13.7. The molecular weight excluding hydrogens is 538 g/mol. The molecule has 0 aliphatic rings. The standard InChI is InChI=1S/C31H25N5O4S/c1-21-7-13-27(14-8-21)41(39,40)36-20-29(28-15-24(16-32-30(28)36)23-9-11-26(37)12-10-23)34-31(38)25-17-33-35(19-25)18-22-5-3-2-4-6-22/h2-17,19-20,37H,18H2,1H3,(H,34,38). The second-order valence-corrected chi connectivity index (χ2v) is 11.5. The molecule has 3 heterocycles. The van der Waals surface area contributed by atoms with Gasteiger partial charge in [-0.3, -0.25) is 9.48 Å². The minimum absolute atomic E-state index is 0.101. The molecule has 3 aromatic carbocycles. The molecule has 204 valence electrons. The maximum absolute atomic E-state index is 13.7. The van der Waals surface area contributed by atoms with Crippen molar-refractivity contribution in [2.24, 2.45) is 0 Å². The van der Waals surface area contributed by atoms with E-state index < -0.39 is 15.9 Å². The number of amides is 1. The number of phenolic OH excluding ortho intramolecular Hbond substituents is 1. The van der Waals surface area contributed by atoms with Crippen molar-refractivity contribution >= 4 is 32.7 Å². The van der Waals surface area contributed by atoms with Gasteiger partial charge in [0.1, 0.15) is 5.75 Å². The van der Waals surface area contributed by atoms with Crippen molar-refractivity contribution in [1.82, 2.24) is 18.7 Å².